The fraction of sp³-hybridized carbons (Fsp3) is 0.333. The molecule has 2 heterocycles. The number of H-pyrrole nitrogens is 1. The Morgan fingerprint density at radius 1 is 1.16 bits per heavy atom. The van der Waals surface area contributed by atoms with E-state index in [1.54, 1.807) is 13.2 Å². The van der Waals surface area contributed by atoms with Gasteiger partial charge in [0.25, 0.3) is 5.91 Å². The molecule has 0 bridgehead atoms. The second-order valence-corrected chi connectivity index (χ2v) is 7.53. The average Bonchev–Trinajstić information content (AvgIpc) is 3.30. The van der Waals surface area contributed by atoms with Gasteiger partial charge >= 0.3 is 0 Å². The van der Waals surface area contributed by atoms with E-state index in [1.807, 2.05) is 49.4 Å². The van der Waals surface area contributed by atoms with Gasteiger partial charge in [0, 0.05) is 25.2 Å². The first-order valence-electron chi connectivity index (χ1n) is 10.7. The molecule has 7 nitrogen and oxygen atoms in total. The number of carbonyl (C=O) groups is 1. The van der Waals surface area contributed by atoms with E-state index in [9.17, 15) is 4.79 Å². The number of hydrogen-bond donors (Lipinski definition) is 2. The van der Waals surface area contributed by atoms with Gasteiger partial charge in [-0.2, -0.15) is 5.10 Å². The number of aromatic nitrogens is 2. The Kier molecular flexibility index (Phi) is 6.40. The number of rotatable bonds is 7. The number of carbonyl (C=O) groups excluding carboxylic acids is 1. The number of para-hydroxylation sites is 1. The van der Waals surface area contributed by atoms with Crippen molar-refractivity contribution in [1.29, 1.82) is 0 Å². The van der Waals surface area contributed by atoms with Gasteiger partial charge in [-0.15, -0.1) is 0 Å². The van der Waals surface area contributed by atoms with Crippen molar-refractivity contribution in [1.82, 2.24) is 15.5 Å². The van der Waals surface area contributed by atoms with Gasteiger partial charge in [0.1, 0.15) is 11.5 Å². The molecule has 4 rings (SSSR count). The van der Waals surface area contributed by atoms with E-state index in [2.05, 4.69) is 26.5 Å². The Morgan fingerprint density at radius 3 is 2.61 bits per heavy atom. The van der Waals surface area contributed by atoms with Crippen LogP contribution in [0.2, 0.25) is 0 Å². The Balaban J connectivity index is 1.34. The normalized spacial score (nSPS) is 14.3. The van der Waals surface area contributed by atoms with Gasteiger partial charge in [-0.05, 0) is 61.7 Å². The van der Waals surface area contributed by atoms with Gasteiger partial charge in [-0.3, -0.25) is 9.89 Å². The summed E-state index contributed by atoms with van der Waals surface area (Å²) in [4.78, 5) is 15.0. The number of methoxy groups -OCH3 is 1. The van der Waals surface area contributed by atoms with Crippen molar-refractivity contribution in [3.05, 3.63) is 60.2 Å². The number of anilines is 1. The molecule has 1 saturated heterocycles. The molecule has 1 aliphatic heterocycles. The predicted molar refractivity (Wildman–Crippen MR) is 121 cm³/mol. The standard InChI is InChI=1S/C24H28N4O3/c1-3-31-22-7-5-4-6-20(22)24(29)25-18-12-14-28(15-13-18)23-16-21(26-27-23)17-8-10-19(30-2)11-9-17/h4-11,16,18H,3,12-15H2,1-2H3,(H,25,29)(H,26,27). The lowest BCUT2D eigenvalue weighted by Gasteiger charge is -2.32. The second kappa shape index (κ2) is 9.55. The molecule has 2 N–H and O–H groups in total. The highest BCUT2D eigenvalue weighted by atomic mass is 16.5. The van der Waals surface area contributed by atoms with Crippen LogP contribution in [0.1, 0.15) is 30.1 Å². The zero-order valence-corrected chi connectivity index (χ0v) is 17.9. The van der Waals surface area contributed by atoms with Crippen LogP contribution >= 0.6 is 0 Å². The van der Waals surface area contributed by atoms with Crippen molar-refractivity contribution in [3.63, 3.8) is 0 Å². The van der Waals surface area contributed by atoms with Gasteiger partial charge in [-0.1, -0.05) is 12.1 Å². The predicted octanol–water partition coefficient (Wildman–Crippen LogP) is 3.88. The number of nitrogens with zero attached hydrogens (tertiary/aromatic N) is 2. The van der Waals surface area contributed by atoms with E-state index < -0.39 is 0 Å². The summed E-state index contributed by atoms with van der Waals surface area (Å²) in [5.41, 5.74) is 2.62. The minimum atomic E-state index is -0.0796. The Morgan fingerprint density at radius 2 is 1.90 bits per heavy atom. The van der Waals surface area contributed by atoms with Crippen molar-refractivity contribution < 1.29 is 14.3 Å². The van der Waals surface area contributed by atoms with E-state index in [4.69, 9.17) is 9.47 Å². The fourth-order valence-corrected chi connectivity index (χ4v) is 3.84. The summed E-state index contributed by atoms with van der Waals surface area (Å²) in [6, 6.07) is 17.5. The molecule has 1 amide bonds. The van der Waals surface area contributed by atoms with Crippen molar-refractivity contribution in [2.24, 2.45) is 0 Å². The second-order valence-electron chi connectivity index (χ2n) is 7.53. The summed E-state index contributed by atoms with van der Waals surface area (Å²) < 4.78 is 10.8. The minimum absolute atomic E-state index is 0.0796. The quantitative estimate of drug-likeness (QED) is 0.606. The molecule has 31 heavy (non-hydrogen) atoms. The first kappa shape index (κ1) is 20.8. The highest BCUT2D eigenvalue weighted by Gasteiger charge is 2.24. The molecule has 0 atom stereocenters. The molecule has 0 saturated carbocycles. The number of aromatic amines is 1. The zero-order chi connectivity index (χ0) is 21.6. The van der Waals surface area contributed by atoms with Crippen LogP contribution in [0.5, 0.6) is 11.5 Å². The third kappa shape index (κ3) is 4.82. The van der Waals surface area contributed by atoms with E-state index in [-0.39, 0.29) is 11.9 Å². The van der Waals surface area contributed by atoms with Gasteiger partial charge in [0.05, 0.1) is 25.0 Å². The first-order valence-corrected chi connectivity index (χ1v) is 10.7. The van der Waals surface area contributed by atoms with Gasteiger partial charge in [0.15, 0.2) is 5.82 Å². The van der Waals surface area contributed by atoms with Crippen LogP contribution < -0.4 is 19.7 Å². The fourth-order valence-electron chi connectivity index (χ4n) is 3.84. The Labute approximate surface area is 182 Å². The molecule has 0 spiro atoms. The number of amides is 1. The van der Waals surface area contributed by atoms with Crippen molar-refractivity contribution >= 4 is 11.7 Å². The first-order chi connectivity index (χ1) is 15.2. The summed E-state index contributed by atoms with van der Waals surface area (Å²) in [5.74, 6) is 2.31. The zero-order valence-electron chi connectivity index (χ0n) is 17.9. The number of piperidine rings is 1. The smallest absolute Gasteiger partial charge is 0.255 e. The summed E-state index contributed by atoms with van der Waals surface area (Å²) in [5, 5.41) is 10.8. The van der Waals surface area contributed by atoms with Gasteiger partial charge < -0.3 is 19.7 Å². The van der Waals surface area contributed by atoms with Crippen LogP contribution in [0, 0.1) is 0 Å². The van der Waals surface area contributed by atoms with Crippen molar-refractivity contribution in [3.8, 4) is 22.8 Å². The topological polar surface area (TPSA) is 79.5 Å². The molecule has 0 unspecified atom stereocenters. The molecule has 3 aromatic rings. The maximum atomic E-state index is 12.7. The molecule has 1 aromatic heterocycles. The number of benzene rings is 2. The Hall–Kier alpha value is -3.48. The van der Waals surface area contributed by atoms with Crippen LogP contribution in [0.15, 0.2) is 54.6 Å². The molecular formula is C24H28N4O3. The lowest BCUT2D eigenvalue weighted by Crippen LogP contribution is -2.44. The lowest BCUT2D eigenvalue weighted by molar-refractivity contribution is 0.0927. The van der Waals surface area contributed by atoms with E-state index in [1.165, 1.54) is 0 Å². The van der Waals surface area contributed by atoms with E-state index >= 15 is 0 Å². The summed E-state index contributed by atoms with van der Waals surface area (Å²) in [7, 11) is 1.66. The minimum Gasteiger partial charge on any atom is -0.497 e. The number of hydrogen-bond acceptors (Lipinski definition) is 5. The maximum absolute atomic E-state index is 12.7. The maximum Gasteiger partial charge on any atom is 0.255 e. The highest BCUT2D eigenvalue weighted by Crippen LogP contribution is 2.26. The van der Waals surface area contributed by atoms with Crippen molar-refractivity contribution in [2.75, 3.05) is 31.7 Å². The SMILES string of the molecule is CCOc1ccccc1C(=O)NC1CCN(c2cc(-c3ccc(OC)cc3)[nH]n2)CC1. The van der Waals surface area contributed by atoms with Crippen LogP contribution in [-0.2, 0) is 0 Å². The lowest BCUT2D eigenvalue weighted by atomic mass is 10.0. The molecule has 0 aliphatic carbocycles. The van der Waals surface area contributed by atoms with Crippen LogP contribution in [-0.4, -0.2) is 49.0 Å². The van der Waals surface area contributed by atoms with Crippen LogP contribution in [0.3, 0.4) is 0 Å². The van der Waals surface area contributed by atoms with E-state index in [0.29, 0.717) is 17.9 Å². The van der Waals surface area contributed by atoms with Gasteiger partial charge in [0.2, 0.25) is 0 Å². The summed E-state index contributed by atoms with van der Waals surface area (Å²) >= 11 is 0. The molecule has 7 heteroatoms. The number of nitrogens with one attached hydrogen (secondary N) is 2. The largest absolute Gasteiger partial charge is 0.497 e. The molecular weight excluding hydrogens is 392 g/mol. The van der Waals surface area contributed by atoms with E-state index in [0.717, 1.165) is 48.8 Å². The Bertz CT molecular complexity index is 1010. The summed E-state index contributed by atoms with van der Waals surface area (Å²) in [6.07, 6.45) is 1.74. The molecule has 1 aliphatic rings. The average molecular weight is 421 g/mol. The van der Waals surface area contributed by atoms with Crippen LogP contribution in [0.4, 0.5) is 5.82 Å². The molecule has 1 fully saturated rings. The third-order valence-corrected chi connectivity index (χ3v) is 5.55. The van der Waals surface area contributed by atoms with Gasteiger partial charge in [-0.25, -0.2) is 0 Å². The number of ether oxygens (including phenoxy) is 2. The summed E-state index contributed by atoms with van der Waals surface area (Å²) in [6.45, 7) is 4.13. The monoisotopic (exact) mass is 420 g/mol. The van der Waals surface area contributed by atoms with Crippen molar-refractivity contribution in [2.45, 2.75) is 25.8 Å². The molecule has 2 aromatic carbocycles. The third-order valence-electron chi connectivity index (χ3n) is 5.55. The molecule has 162 valence electrons. The molecule has 0 radical (unpaired) electrons. The van der Waals surface area contributed by atoms with Crippen LogP contribution in [0.25, 0.3) is 11.3 Å². The highest BCUT2D eigenvalue weighted by molar-refractivity contribution is 5.97.